The zero-order valence-corrected chi connectivity index (χ0v) is 11.9. The molecule has 114 valence electrons. The van der Waals surface area contributed by atoms with Crippen molar-refractivity contribution in [3.05, 3.63) is 75.8 Å². The zero-order chi connectivity index (χ0) is 15.8. The van der Waals surface area contributed by atoms with Crippen molar-refractivity contribution in [2.24, 2.45) is 0 Å². The van der Waals surface area contributed by atoms with Gasteiger partial charge < -0.3 is 10.1 Å². The molecule has 0 atom stereocenters. The number of ether oxygens (including phenoxy) is 1. The summed E-state index contributed by atoms with van der Waals surface area (Å²) in [7, 11) is 0. The van der Waals surface area contributed by atoms with Crippen LogP contribution in [0, 0.1) is 10.1 Å². The predicted molar refractivity (Wildman–Crippen MR) is 81.4 cm³/mol. The maximum atomic E-state index is 11.6. The standard InChI is InChI=1S/C16H16N2O4/c19-16(22-10-9-13-5-2-1-3-6-13)17-12-14-7-4-8-15(11-14)18(20)21/h1-8,11H,9-10,12H2,(H,17,19). The third-order valence-corrected chi connectivity index (χ3v) is 3.02. The van der Waals surface area contributed by atoms with Crippen molar-refractivity contribution in [1.29, 1.82) is 0 Å². The average molecular weight is 300 g/mol. The molecule has 1 amide bonds. The Balaban J connectivity index is 1.73. The number of carbonyl (C=O) groups is 1. The Bertz CT molecular complexity index is 644. The van der Waals surface area contributed by atoms with Crippen molar-refractivity contribution >= 4 is 11.8 Å². The number of rotatable bonds is 6. The number of non-ortho nitro benzene ring substituents is 1. The molecule has 0 unspecified atom stereocenters. The summed E-state index contributed by atoms with van der Waals surface area (Å²) in [6.45, 7) is 0.469. The first-order valence-corrected chi connectivity index (χ1v) is 6.83. The lowest BCUT2D eigenvalue weighted by atomic mass is 10.2. The van der Waals surface area contributed by atoms with E-state index in [4.69, 9.17) is 4.74 Å². The van der Waals surface area contributed by atoms with Gasteiger partial charge in [0, 0.05) is 25.1 Å². The molecule has 0 aromatic heterocycles. The van der Waals surface area contributed by atoms with Crippen LogP contribution in [0.2, 0.25) is 0 Å². The van der Waals surface area contributed by atoms with Crippen LogP contribution in [0.25, 0.3) is 0 Å². The topological polar surface area (TPSA) is 81.5 Å². The maximum absolute atomic E-state index is 11.6. The van der Waals surface area contributed by atoms with Gasteiger partial charge in [-0.15, -0.1) is 0 Å². The fraction of sp³-hybridized carbons (Fsp3) is 0.188. The summed E-state index contributed by atoms with van der Waals surface area (Å²) < 4.78 is 5.06. The van der Waals surface area contributed by atoms with E-state index in [2.05, 4.69) is 5.32 Å². The van der Waals surface area contributed by atoms with Crippen molar-refractivity contribution in [1.82, 2.24) is 5.32 Å². The van der Waals surface area contributed by atoms with Gasteiger partial charge in [0.25, 0.3) is 5.69 Å². The van der Waals surface area contributed by atoms with Gasteiger partial charge in [-0.3, -0.25) is 10.1 Å². The van der Waals surface area contributed by atoms with E-state index in [0.29, 0.717) is 12.0 Å². The number of hydrogen-bond acceptors (Lipinski definition) is 4. The zero-order valence-electron chi connectivity index (χ0n) is 11.9. The molecule has 0 heterocycles. The molecule has 22 heavy (non-hydrogen) atoms. The van der Waals surface area contributed by atoms with E-state index in [1.54, 1.807) is 12.1 Å². The summed E-state index contributed by atoms with van der Waals surface area (Å²) in [6, 6.07) is 15.8. The smallest absolute Gasteiger partial charge is 0.407 e. The number of hydrogen-bond donors (Lipinski definition) is 1. The van der Waals surface area contributed by atoms with Crippen LogP contribution in [0.1, 0.15) is 11.1 Å². The molecule has 0 aliphatic rings. The van der Waals surface area contributed by atoms with Gasteiger partial charge in [-0.25, -0.2) is 4.79 Å². The van der Waals surface area contributed by atoms with E-state index in [-0.39, 0.29) is 18.8 Å². The minimum atomic E-state index is -0.539. The third kappa shape index (κ3) is 4.90. The molecule has 6 nitrogen and oxygen atoms in total. The molecular formula is C16H16N2O4. The van der Waals surface area contributed by atoms with Crippen LogP contribution in [0.4, 0.5) is 10.5 Å². The summed E-state index contributed by atoms with van der Waals surface area (Å²) in [4.78, 5) is 21.7. The van der Waals surface area contributed by atoms with Crippen LogP contribution in [0.15, 0.2) is 54.6 Å². The van der Waals surface area contributed by atoms with Gasteiger partial charge in [-0.1, -0.05) is 42.5 Å². The molecule has 6 heteroatoms. The molecule has 0 saturated carbocycles. The minimum Gasteiger partial charge on any atom is -0.449 e. The van der Waals surface area contributed by atoms with Gasteiger partial charge >= 0.3 is 6.09 Å². The molecule has 2 rings (SSSR count). The maximum Gasteiger partial charge on any atom is 0.407 e. The number of benzene rings is 2. The first-order valence-electron chi connectivity index (χ1n) is 6.83. The number of nitro benzene ring substituents is 1. The molecule has 2 aromatic carbocycles. The van der Waals surface area contributed by atoms with Crippen LogP contribution in [0.5, 0.6) is 0 Å². The fourth-order valence-electron chi connectivity index (χ4n) is 1.91. The number of nitro groups is 1. The van der Waals surface area contributed by atoms with Gasteiger partial charge in [0.1, 0.15) is 0 Å². The monoisotopic (exact) mass is 300 g/mol. The molecule has 0 fully saturated rings. The lowest BCUT2D eigenvalue weighted by Crippen LogP contribution is -2.24. The van der Waals surface area contributed by atoms with Crippen LogP contribution in [-0.4, -0.2) is 17.6 Å². The fourth-order valence-corrected chi connectivity index (χ4v) is 1.91. The first-order chi connectivity index (χ1) is 10.6. The molecule has 2 aromatic rings. The average Bonchev–Trinajstić information content (AvgIpc) is 2.54. The van der Waals surface area contributed by atoms with Crippen molar-refractivity contribution in [2.45, 2.75) is 13.0 Å². The third-order valence-electron chi connectivity index (χ3n) is 3.02. The summed E-state index contributed by atoms with van der Waals surface area (Å²) in [5.41, 5.74) is 1.74. The summed E-state index contributed by atoms with van der Waals surface area (Å²) in [5.74, 6) is 0. The predicted octanol–water partition coefficient (Wildman–Crippen LogP) is 3.06. The van der Waals surface area contributed by atoms with Gasteiger partial charge in [0.2, 0.25) is 0 Å². The molecule has 0 aliphatic carbocycles. The number of nitrogens with one attached hydrogen (secondary N) is 1. The highest BCUT2D eigenvalue weighted by molar-refractivity contribution is 5.67. The number of nitrogens with zero attached hydrogens (tertiary/aromatic N) is 1. The quantitative estimate of drug-likeness (QED) is 0.656. The van der Waals surface area contributed by atoms with Gasteiger partial charge in [-0.05, 0) is 11.1 Å². The highest BCUT2D eigenvalue weighted by Crippen LogP contribution is 2.12. The Morgan fingerprint density at radius 2 is 1.82 bits per heavy atom. The molecule has 0 bridgehead atoms. The molecule has 0 saturated heterocycles. The Morgan fingerprint density at radius 1 is 1.09 bits per heavy atom. The molecule has 1 N–H and O–H groups in total. The van der Waals surface area contributed by atoms with E-state index in [1.807, 2.05) is 30.3 Å². The van der Waals surface area contributed by atoms with E-state index in [0.717, 1.165) is 5.56 Å². The largest absolute Gasteiger partial charge is 0.449 e. The normalized spacial score (nSPS) is 10.0. The Kier molecular flexibility index (Phi) is 5.48. The Morgan fingerprint density at radius 3 is 2.55 bits per heavy atom. The van der Waals surface area contributed by atoms with Gasteiger partial charge in [0.15, 0.2) is 0 Å². The second kappa shape index (κ2) is 7.78. The van der Waals surface area contributed by atoms with Gasteiger partial charge in [0.05, 0.1) is 11.5 Å². The molecular weight excluding hydrogens is 284 g/mol. The minimum absolute atomic E-state index is 0.00301. The van der Waals surface area contributed by atoms with Crippen LogP contribution in [-0.2, 0) is 17.7 Å². The highest BCUT2D eigenvalue weighted by atomic mass is 16.6. The van der Waals surface area contributed by atoms with Crippen LogP contribution in [0.3, 0.4) is 0 Å². The second-order valence-corrected chi connectivity index (χ2v) is 4.65. The van der Waals surface area contributed by atoms with Crippen molar-refractivity contribution in [3.8, 4) is 0 Å². The Labute approximate surface area is 127 Å². The summed E-state index contributed by atoms with van der Waals surface area (Å²) in [6.07, 6.45) is 0.105. The van der Waals surface area contributed by atoms with Crippen LogP contribution >= 0.6 is 0 Å². The van der Waals surface area contributed by atoms with E-state index >= 15 is 0 Å². The van der Waals surface area contributed by atoms with Crippen molar-refractivity contribution in [2.75, 3.05) is 6.61 Å². The van der Waals surface area contributed by atoms with Crippen molar-refractivity contribution in [3.63, 3.8) is 0 Å². The van der Waals surface area contributed by atoms with E-state index in [9.17, 15) is 14.9 Å². The Hall–Kier alpha value is -2.89. The number of alkyl carbamates (subject to hydrolysis) is 1. The van der Waals surface area contributed by atoms with E-state index < -0.39 is 11.0 Å². The first kappa shape index (κ1) is 15.5. The molecule has 0 aliphatic heterocycles. The molecule has 0 spiro atoms. The lowest BCUT2D eigenvalue weighted by molar-refractivity contribution is -0.384. The summed E-state index contributed by atoms with van der Waals surface area (Å²) in [5, 5.41) is 13.2. The van der Waals surface area contributed by atoms with Crippen LogP contribution < -0.4 is 5.32 Å². The lowest BCUT2D eigenvalue weighted by Gasteiger charge is -2.07. The summed E-state index contributed by atoms with van der Waals surface area (Å²) >= 11 is 0. The van der Waals surface area contributed by atoms with Crippen molar-refractivity contribution < 1.29 is 14.5 Å². The molecule has 0 radical (unpaired) electrons. The highest BCUT2D eigenvalue weighted by Gasteiger charge is 2.07. The van der Waals surface area contributed by atoms with E-state index in [1.165, 1.54) is 12.1 Å². The number of amides is 1. The number of carbonyl (C=O) groups excluding carboxylic acids is 1. The SMILES string of the molecule is O=C(NCc1cccc([N+](=O)[O-])c1)OCCc1ccccc1. The second-order valence-electron chi connectivity index (χ2n) is 4.65. The van der Waals surface area contributed by atoms with Gasteiger partial charge in [-0.2, -0.15) is 0 Å².